The average molecular weight is 563 g/mol. The van der Waals surface area contributed by atoms with Gasteiger partial charge in [0.15, 0.2) is 12.1 Å². The largest absolute Gasteiger partial charge is 0.496 e. The highest BCUT2D eigenvalue weighted by Crippen LogP contribution is 2.37. The number of alkyl halides is 1. The minimum absolute atomic E-state index is 0.000282. The van der Waals surface area contributed by atoms with Gasteiger partial charge in [-0.05, 0) is 68.2 Å². The number of halogens is 1. The second-order valence-electron chi connectivity index (χ2n) is 11.3. The van der Waals surface area contributed by atoms with Gasteiger partial charge < -0.3 is 10.1 Å². The molecule has 0 fully saturated rings. The lowest BCUT2D eigenvalue weighted by Crippen LogP contribution is -2.51. The smallest absolute Gasteiger partial charge is 0.227 e. The molecule has 7 heteroatoms. The van der Waals surface area contributed by atoms with Crippen LogP contribution in [0.25, 0.3) is 0 Å². The first-order chi connectivity index (χ1) is 19.1. The quantitative estimate of drug-likeness (QED) is 0.139. The summed E-state index contributed by atoms with van der Waals surface area (Å²) in [5.41, 5.74) is 4.00. The number of rotatable bonds is 11. The molecule has 1 heterocycles. The number of likely N-dealkylation sites (N-methyl/N-ethyl adjacent to an activating group) is 1. The number of allylic oxidation sites excluding steroid dienone is 1. The third-order valence-electron chi connectivity index (χ3n) is 8.37. The van der Waals surface area contributed by atoms with Crippen molar-refractivity contribution in [3.8, 4) is 5.75 Å². The minimum atomic E-state index is -0.0449. The molecule has 7 atom stereocenters. The van der Waals surface area contributed by atoms with E-state index in [9.17, 15) is 4.79 Å². The number of methoxy groups -OCH3 is 1. The van der Waals surface area contributed by atoms with Crippen molar-refractivity contribution in [1.82, 2.24) is 5.32 Å². The molecule has 4 rings (SSSR count). The summed E-state index contributed by atoms with van der Waals surface area (Å²) in [6, 6.07) is 6.02. The zero-order valence-corrected chi connectivity index (χ0v) is 25.0. The summed E-state index contributed by atoms with van der Waals surface area (Å²) < 4.78 is 9.14. The number of hydrogen-bond acceptors (Lipinski definition) is 4. The molecular weight excluding hydrogens is 520 g/mol. The molecule has 6 nitrogen and oxygen atoms in total. The third-order valence-corrected chi connectivity index (χ3v) is 8.67. The van der Waals surface area contributed by atoms with Gasteiger partial charge in [-0.3, -0.25) is 9.79 Å². The summed E-state index contributed by atoms with van der Waals surface area (Å²) in [6.07, 6.45) is 15.3. The van der Waals surface area contributed by atoms with Gasteiger partial charge in [-0.25, -0.2) is 9.15 Å². The lowest BCUT2D eigenvalue weighted by atomic mass is 9.74. The van der Waals surface area contributed by atoms with Gasteiger partial charge in [0.2, 0.25) is 12.3 Å². The van der Waals surface area contributed by atoms with Crippen molar-refractivity contribution in [3.05, 3.63) is 77.4 Å². The predicted octanol–water partition coefficient (Wildman–Crippen LogP) is 4.80. The number of carbonyl (C=O) groups is 1. The second-order valence-corrected chi connectivity index (χ2v) is 11.8. The summed E-state index contributed by atoms with van der Waals surface area (Å²) in [5, 5.41) is 3.84. The van der Waals surface area contributed by atoms with Gasteiger partial charge in [0, 0.05) is 41.8 Å². The molecule has 1 aromatic rings. The first-order valence-corrected chi connectivity index (χ1v) is 14.5. The number of nitrogens with zero attached hydrogens (tertiary/aromatic N) is 3. The van der Waals surface area contributed by atoms with E-state index in [4.69, 9.17) is 21.3 Å². The first kappa shape index (κ1) is 29.9. The van der Waals surface area contributed by atoms with Crippen LogP contribution in [0.4, 0.5) is 0 Å². The molecule has 0 saturated heterocycles. The summed E-state index contributed by atoms with van der Waals surface area (Å²) in [5.74, 6) is 1.12. The van der Waals surface area contributed by atoms with Gasteiger partial charge in [-0.2, -0.15) is 0 Å². The summed E-state index contributed by atoms with van der Waals surface area (Å²) in [4.78, 5) is 17.9. The van der Waals surface area contributed by atoms with Gasteiger partial charge in [0.25, 0.3) is 0 Å². The van der Waals surface area contributed by atoms with Crippen LogP contribution < -0.4 is 10.1 Å². The molecule has 0 amide bonds. The van der Waals surface area contributed by atoms with Gasteiger partial charge in [-0.15, -0.1) is 11.6 Å². The van der Waals surface area contributed by atoms with Gasteiger partial charge >= 0.3 is 0 Å². The second kappa shape index (κ2) is 13.0. The Balaban J connectivity index is 1.43. The molecule has 1 aliphatic heterocycles. The number of fused-ring (bicyclic) bond motifs is 1. The molecule has 0 radical (unpaired) electrons. The number of ketones is 1. The Bertz CT molecular complexity index is 1290. The number of aliphatic imine (C=N–C) groups is 1. The van der Waals surface area contributed by atoms with Crippen LogP contribution in [0.5, 0.6) is 5.75 Å². The number of Topliss-reactive ketones (excluding diaryl/α,β-unsaturated/α-hetero) is 1. The molecule has 212 valence electrons. The molecule has 2 aliphatic carbocycles. The number of hydrogen-bond donors (Lipinski definition) is 1. The van der Waals surface area contributed by atoms with Crippen molar-refractivity contribution >= 4 is 37.0 Å². The maximum Gasteiger partial charge on any atom is 0.227 e. The standard InChI is InChI=1S/C33H43ClN4O2/c1-8-30(37(4)5)28-19-25(34)18-27-29(14-15-35-33(27)28)36-22(3)23-10-9-11-26(17-23)38(6)20-31(39)24-12-13-32(40-7)21(2)16-24/h8-10,12-13,15-17,19,22,25-27,29-30,33,36H,1,4,6,11,14,18,20H2,2-3,5,7H3/q+2. The summed E-state index contributed by atoms with van der Waals surface area (Å²) >= 11 is 6.75. The van der Waals surface area contributed by atoms with Gasteiger partial charge in [0.1, 0.15) is 26.2 Å². The van der Waals surface area contributed by atoms with E-state index in [-0.39, 0.29) is 53.8 Å². The Kier molecular flexibility index (Phi) is 9.75. The summed E-state index contributed by atoms with van der Waals surface area (Å²) in [7, 11) is 3.59. The van der Waals surface area contributed by atoms with Crippen molar-refractivity contribution in [2.75, 3.05) is 20.7 Å². The highest BCUT2D eigenvalue weighted by molar-refractivity contribution is 6.22. The summed E-state index contributed by atoms with van der Waals surface area (Å²) in [6.45, 7) is 16.8. The van der Waals surface area contributed by atoms with E-state index in [2.05, 4.69) is 62.8 Å². The molecule has 3 aliphatic rings. The van der Waals surface area contributed by atoms with E-state index in [1.165, 1.54) is 11.1 Å². The van der Waals surface area contributed by atoms with Crippen LogP contribution >= 0.6 is 11.6 Å². The zero-order valence-electron chi connectivity index (χ0n) is 24.2. The average Bonchev–Trinajstić information content (AvgIpc) is 2.93. The van der Waals surface area contributed by atoms with Crippen molar-refractivity contribution in [2.45, 2.75) is 68.7 Å². The topological polar surface area (TPSA) is 56.7 Å². The van der Waals surface area contributed by atoms with Gasteiger partial charge in [-0.1, -0.05) is 24.8 Å². The van der Waals surface area contributed by atoms with Crippen LogP contribution in [-0.2, 0) is 0 Å². The van der Waals surface area contributed by atoms with Crippen molar-refractivity contribution < 1.29 is 18.7 Å². The Morgan fingerprint density at radius 3 is 2.75 bits per heavy atom. The minimum Gasteiger partial charge on any atom is -0.496 e. The van der Waals surface area contributed by atoms with Crippen LogP contribution in [0.15, 0.2) is 71.3 Å². The molecule has 0 bridgehead atoms. The van der Waals surface area contributed by atoms with Crippen molar-refractivity contribution in [2.24, 2.45) is 10.9 Å². The van der Waals surface area contributed by atoms with E-state index < -0.39 is 0 Å². The Hall–Kier alpha value is -3.09. The molecular formula is C33H43ClN4O2+2. The predicted molar refractivity (Wildman–Crippen MR) is 166 cm³/mol. The fraction of sp³-hybridized carbons (Fsp3) is 0.455. The maximum absolute atomic E-state index is 13.0. The van der Waals surface area contributed by atoms with E-state index in [0.29, 0.717) is 5.56 Å². The normalized spacial score (nSPS) is 27.1. The fourth-order valence-electron chi connectivity index (χ4n) is 6.19. The molecule has 7 unspecified atom stereocenters. The van der Waals surface area contributed by atoms with E-state index in [0.717, 1.165) is 30.6 Å². The van der Waals surface area contributed by atoms with E-state index in [1.807, 2.05) is 47.4 Å². The van der Waals surface area contributed by atoms with Crippen LogP contribution in [0.3, 0.4) is 0 Å². The Morgan fingerprint density at radius 1 is 1.30 bits per heavy atom. The molecule has 0 aromatic heterocycles. The Labute approximate surface area is 244 Å². The molecule has 1 N–H and O–H groups in total. The molecule has 1 aromatic carbocycles. The number of nitrogens with one attached hydrogen (secondary N) is 1. The van der Waals surface area contributed by atoms with E-state index >= 15 is 0 Å². The lowest BCUT2D eigenvalue weighted by Gasteiger charge is -2.41. The number of benzene rings is 1. The van der Waals surface area contributed by atoms with Crippen molar-refractivity contribution in [3.63, 3.8) is 0 Å². The van der Waals surface area contributed by atoms with Crippen LogP contribution in [-0.4, -0.2) is 90.9 Å². The maximum atomic E-state index is 13.0. The first-order valence-electron chi connectivity index (χ1n) is 14.0. The number of aryl methyl sites for hydroxylation is 1. The monoisotopic (exact) mass is 562 g/mol. The lowest BCUT2D eigenvalue weighted by molar-refractivity contribution is -0.533. The highest BCUT2D eigenvalue weighted by atomic mass is 35.5. The number of carbonyl (C=O) groups excluding carboxylic acids is 1. The zero-order chi connectivity index (χ0) is 29.0. The SMILES string of the molecule is C=CC(C1=CC(Cl)CC2C(NC(C)C3=CC([N+](=C)CC(=O)c4ccc(OC)c(C)c4)CC=C3)CC=NC12)[N+](=C)C. The molecule has 0 spiro atoms. The van der Waals surface area contributed by atoms with Crippen LogP contribution in [0.1, 0.15) is 42.1 Å². The van der Waals surface area contributed by atoms with Crippen LogP contribution in [0, 0.1) is 12.8 Å². The molecule has 0 saturated carbocycles. The third kappa shape index (κ3) is 6.61. The van der Waals surface area contributed by atoms with E-state index in [1.54, 1.807) is 7.11 Å². The molecule has 40 heavy (non-hydrogen) atoms. The Morgan fingerprint density at radius 2 is 2.08 bits per heavy atom. The van der Waals surface area contributed by atoms with Gasteiger partial charge in [0.05, 0.1) is 18.5 Å². The number of ether oxygens (including phenoxy) is 1. The van der Waals surface area contributed by atoms with Crippen LogP contribution in [0.2, 0.25) is 0 Å². The van der Waals surface area contributed by atoms with Crippen molar-refractivity contribution in [1.29, 1.82) is 0 Å². The highest BCUT2D eigenvalue weighted by Gasteiger charge is 2.42. The fourth-order valence-corrected chi connectivity index (χ4v) is 6.54.